The minimum atomic E-state index is -0.531. The number of amides is 1. The minimum Gasteiger partial charge on any atom is -0.497 e. The molecule has 1 amide bonds. The Balaban J connectivity index is 2.10. The van der Waals surface area contributed by atoms with Gasteiger partial charge in [-0.2, -0.15) is 0 Å². The summed E-state index contributed by atoms with van der Waals surface area (Å²) in [5.74, 6) is 0.417. The molecule has 0 aromatic heterocycles. The molecule has 0 saturated carbocycles. The van der Waals surface area contributed by atoms with E-state index in [0.29, 0.717) is 22.7 Å². The van der Waals surface area contributed by atoms with E-state index in [1.165, 1.54) is 25.3 Å². The van der Waals surface area contributed by atoms with Gasteiger partial charge >= 0.3 is 0 Å². The summed E-state index contributed by atoms with van der Waals surface area (Å²) >= 11 is 5.68. The lowest BCUT2D eigenvalue weighted by atomic mass is 10.1. The fraction of sp³-hybridized carbons (Fsp3) is 0.188. The summed E-state index contributed by atoms with van der Waals surface area (Å²) in [5, 5.41) is 2.62. The second-order valence-electron chi connectivity index (χ2n) is 4.53. The van der Waals surface area contributed by atoms with Crippen molar-refractivity contribution in [2.45, 2.75) is 6.42 Å². The molecular weight excluding hydrogens is 309 g/mol. The Bertz CT molecular complexity index is 691. The summed E-state index contributed by atoms with van der Waals surface area (Å²) in [6.07, 6.45) is 0.113. The second kappa shape index (κ2) is 7.13. The van der Waals surface area contributed by atoms with Crippen molar-refractivity contribution in [3.63, 3.8) is 0 Å². The number of halogens is 2. The first-order valence-electron chi connectivity index (χ1n) is 6.49. The second-order valence-corrected chi connectivity index (χ2v) is 4.94. The third-order valence-electron chi connectivity index (χ3n) is 3.05. The molecule has 6 heteroatoms. The monoisotopic (exact) mass is 323 g/mol. The van der Waals surface area contributed by atoms with Gasteiger partial charge in [-0.3, -0.25) is 4.79 Å². The first kappa shape index (κ1) is 16.1. The number of rotatable bonds is 5. The van der Waals surface area contributed by atoms with E-state index in [1.807, 2.05) is 0 Å². The van der Waals surface area contributed by atoms with Crippen molar-refractivity contribution in [2.24, 2.45) is 0 Å². The molecule has 0 bridgehead atoms. The summed E-state index contributed by atoms with van der Waals surface area (Å²) in [6.45, 7) is 0. The molecule has 0 aliphatic carbocycles. The predicted molar refractivity (Wildman–Crippen MR) is 83.3 cm³/mol. The number of nitrogens with one attached hydrogen (secondary N) is 1. The first-order valence-corrected chi connectivity index (χ1v) is 6.87. The Kier molecular flexibility index (Phi) is 5.22. The largest absolute Gasteiger partial charge is 0.497 e. The zero-order valence-electron chi connectivity index (χ0n) is 12.2. The molecule has 0 spiro atoms. The van der Waals surface area contributed by atoms with Gasteiger partial charge in [0.1, 0.15) is 17.3 Å². The van der Waals surface area contributed by atoms with E-state index in [4.69, 9.17) is 21.1 Å². The van der Waals surface area contributed by atoms with Crippen molar-refractivity contribution in [1.82, 2.24) is 0 Å². The molecule has 0 unspecified atom stereocenters. The van der Waals surface area contributed by atoms with Crippen LogP contribution in [-0.4, -0.2) is 20.1 Å². The molecule has 0 aliphatic heterocycles. The van der Waals surface area contributed by atoms with Crippen molar-refractivity contribution >= 4 is 23.2 Å². The highest BCUT2D eigenvalue weighted by Crippen LogP contribution is 2.25. The Hall–Kier alpha value is -2.27. The molecule has 2 rings (SSSR count). The lowest BCUT2D eigenvalue weighted by molar-refractivity contribution is -0.115. The van der Waals surface area contributed by atoms with Gasteiger partial charge in [0.2, 0.25) is 5.91 Å². The Labute approximate surface area is 132 Å². The number of methoxy groups -OCH3 is 2. The Morgan fingerprint density at radius 1 is 1.18 bits per heavy atom. The molecule has 0 saturated heterocycles. The van der Waals surface area contributed by atoms with Gasteiger partial charge in [-0.15, -0.1) is 0 Å². The molecular formula is C16H15ClFNO3. The van der Waals surface area contributed by atoms with E-state index < -0.39 is 5.82 Å². The number of anilines is 1. The predicted octanol–water partition coefficient (Wildman–Crippen LogP) is 3.68. The average Bonchev–Trinajstić information content (AvgIpc) is 2.51. The highest BCUT2D eigenvalue weighted by molar-refractivity contribution is 6.31. The average molecular weight is 324 g/mol. The van der Waals surface area contributed by atoms with E-state index >= 15 is 0 Å². The van der Waals surface area contributed by atoms with Gasteiger partial charge in [-0.1, -0.05) is 17.7 Å². The molecule has 0 heterocycles. The van der Waals surface area contributed by atoms with Crippen LogP contribution in [0.2, 0.25) is 5.02 Å². The lowest BCUT2D eigenvalue weighted by Crippen LogP contribution is -2.15. The molecule has 2 aromatic rings. The van der Waals surface area contributed by atoms with Crippen LogP contribution in [0, 0.1) is 5.82 Å². The van der Waals surface area contributed by atoms with Crippen molar-refractivity contribution in [3.05, 3.63) is 52.8 Å². The molecule has 0 atom stereocenters. The Morgan fingerprint density at radius 2 is 1.95 bits per heavy atom. The molecule has 0 fully saturated rings. The van der Waals surface area contributed by atoms with E-state index in [-0.39, 0.29) is 17.4 Å². The minimum absolute atomic E-state index is 0.0418. The number of carbonyl (C=O) groups is 1. The van der Waals surface area contributed by atoms with Gasteiger partial charge in [0.25, 0.3) is 0 Å². The van der Waals surface area contributed by atoms with Crippen LogP contribution in [0.25, 0.3) is 0 Å². The molecule has 116 valence electrons. The fourth-order valence-corrected chi connectivity index (χ4v) is 2.13. The fourth-order valence-electron chi connectivity index (χ4n) is 1.95. The topological polar surface area (TPSA) is 47.6 Å². The van der Waals surface area contributed by atoms with E-state index in [9.17, 15) is 9.18 Å². The van der Waals surface area contributed by atoms with Crippen LogP contribution in [0.4, 0.5) is 10.1 Å². The normalized spacial score (nSPS) is 10.2. The van der Waals surface area contributed by atoms with Crippen LogP contribution in [-0.2, 0) is 11.2 Å². The zero-order valence-corrected chi connectivity index (χ0v) is 12.9. The van der Waals surface area contributed by atoms with Crippen molar-refractivity contribution in [2.75, 3.05) is 19.5 Å². The maximum absolute atomic E-state index is 13.1. The van der Waals surface area contributed by atoms with Crippen molar-refractivity contribution in [1.29, 1.82) is 0 Å². The number of carbonyl (C=O) groups excluding carboxylic acids is 1. The number of ether oxygens (including phenoxy) is 2. The third-order valence-corrected chi connectivity index (χ3v) is 3.34. The molecule has 0 radical (unpaired) electrons. The molecule has 1 N–H and O–H groups in total. The summed E-state index contributed by atoms with van der Waals surface area (Å²) in [4.78, 5) is 12.1. The standard InChI is InChI=1S/C16H15ClFNO3/c1-21-12-5-3-10(15(9-12)22-2)7-16(20)19-11-4-6-14(18)13(17)8-11/h3-6,8-9H,7H2,1-2H3,(H,19,20). The summed E-state index contributed by atoms with van der Waals surface area (Å²) < 4.78 is 23.4. The van der Waals surface area contributed by atoms with Gasteiger partial charge < -0.3 is 14.8 Å². The van der Waals surface area contributed by atoms with Gasteiger partial charge in [0, 0.05) is 17.3 Å². The molecule has 0 aliphatic rings. The zero-order chi connectivity index (χ0) is 16.1. The maximum Gasteiger partial charge on any atom is 0.228 e. The third kappa shape index (κ3) is 3.89. The van der Waals surface area contributed by atoms with Crippen LogP contribution in [0.5, 0.6) is 11.5 Å². The van der Waals surface area contributed by atoms with Crippen LogP contribution >= 0.6 is 11.6 Å². The van der Waals surface area contributed by atoms with E-state index in [1.54, 1.807) is 25.3 Å². The van der Waals surface area contributed by atoms with Crippen LogP contribution in [0.15, 0.2) is 36.4 Å². The van der Waals surface area contributed by atoms with Gasteiger partial charge in [-0.05, 0) is 24.3 Å². The van der Waals surface area contributed by atoms with Crippen LogP contribution in [0.3, 0.4) is 0 Å². The van der Waals surface area contributed by atoms with Gasteiger partial charge in [0.05, 0.1) is 25.7 Å². The summed E-state index contributed by atoms with van der Waals surface area (Å²) in [5.41, 5.74) is 1.15. The smallest absolute Gasteiger partial charge is 0.228 e. The maximum atomic E-state index is 13.1. The number of hydrogen-bond donors (Lipinski definition) is 1. The van der Waals surface area contributed by atoms with Crippen molar-refractivity contribution in [3.8, 4) is 11.5 Å². The molecule has 2 aromatic carbocycles. The SMILES string of the molecule is COc1ccc(CC(=O)Nc2ccc(F)c(Cl)c2)c(OC)c1. The van der Waals surface area contributed by atoms with Crippen LogP contribution in [0.1, 0.15) is 5.56 Å². The highest BCUT2D eigenvalue weighted by Gasteiger charge is 2.11. The van der Waals surface area contributed by atoms with Gasteiger partial charge in [0.15, 0.2) is 0 Å². The first-order chi connectivity index (χ1) is 10.5. The van der Waals surface area contributed by atoms with E-state index in [0.717, 1.165) is 0 Å². The van der Waals surface area contributed by atoms with Crippen molar-refractivity contribution < 1.29 is 18.7 Å². The quantitative estimate of drug-likeness (QED) is 0.913. The summed E-state index contributed by atoms with van der Waals surface area (Å²) in [6, 6.07) is 9.22. The van der Waals surface area contributed by atoms with E-state index in [2.05, 4.69) is 5.32 Å². The summed E-state index contributed by atoms with van der Waals surface area (Å²) in [7, 11) is 3.08. The molecule has 22 heavy (non-hydrogen) atoms. The highest BCUT2D eigenvalue weighted by atomic mass is 35.5. The Morgan fingerprint density at radius 3 is 2.59 bits per heavy atom. The van der Waals surface area contributed by atoms with Gasteiger partial charge in [-0.25, -0.2) is 4.39 Å². The number of benzene rings is 2. The number of hydrogen-bond acceptors (Lipinski definition) is 3. The van der Waals surface area contributed by atoms with Crippen LogP contribution < -0.4 is 14.8 Å². The lowest BCUT2D eigenvalue weighted by Gasteiger charge is -2.11. The molecule has 4 nitrogen and oxygen atoms in total.